The zero-order chi connectivity index (χ0) is 11.2. The molecule has 16 heavy (non-hydrogen) atoms. The topological polar surface area (TPSA) is 30.5 Å². The molecular weight excluding hydrogens is 222 g/mol. The van der Waals surface area contributed by atoms with Gasteiger partial charge < -0.3 is 14.8 Å². The second-order valence-corrected chi connectivity index (χ2v) is 4.62. The molecule has 1 N–H and O–H groups in total. The van der Waals surface area contributed by atoms with Crippen LogP contribution in [0, 0.1) is 0 Å². The SMILES string of the molecule is CSCCCNc1ccc2c(c1)OCCO2. The number of thioether (sulfide) groups is 1. The van der Waals surface area contributed by atoms with Crippen molar-refractivity contribution in [3.05, 3.63) is 18.2 Å². The van der Waals surface area contributed by atoms with E-state index < -0.39 is 0 Å². The zero-order valence-corrected chi connectivity index (χ0v) is 10.3. The molecule has 0 saturated heterocycles. The lowest BCUT2D eigenvalue weighted by molar-refractivity contribution is 0.171. The largest absolute Gasteiger partial charge is 0.486 e. The van der Waals surface area contributed by atoms with Crippen LogP contribution in [0.25, 0.3) is 0 Å². The fourth-order valence-corrected chi connectivity index (χ4v) is 2.04. The lowest BCUT2D eigenvalue weighted by Gasteiger charge is -2.19. The van der Waals surface area contributed by atoms with E-state index in [0.717, 1.165) is 23.7 Å². The third-order valence-electron chi connectivity index (χ3n) is 2.40. The minimum Gasteiger partial charge on any atom is -0.486 e. The molecular formula is C12H17NO2S. The first-order valence-corrected chi connectivity index (χ1v) is 6.92. The molecule has 1 heterocycles. The zero-order valence-electron chi connectivity index (χ0n) is 9.49. The second-order valence-electron chi connectivity index (χ2n) is 3.63. The molecule has 1 aliphatic heterocycles. The molecule has 0 radical (unpaired) electrons. The highest BCUT2D eigenvalue weighted by atomic mass is 32.2. The summed E-state index contributed by atoms with van der Waals surface area (Å²) in [5, 5.41) is 3.38. The lowest BCUT2D eigenvalue weighted by Crippen LogP contribution is -2.15. The van der Waals surface area contributed by atoms with E-state index in [9.17, 15) is 0 Å². The predicted octanol–water partition coefficient (Wildman–Crippen LogP) is 2.62. The van der Waals surface area contributed by atoms with E-state index >= 15 is 0 Å². The lowest BCUT2D eigenvalue weighted by atomic mass is 10.2. The summed E-state index contributed by atoms with van der Waals surface area (Å²) < 4.78 is 11.0. The minimum absolute atomic E-state index is 0.642. The van der Waals surface area contributed by atoms with Crippen LogP contribution in [0.5, 0.6) is 11.5 Å². The van der Waals surface area contributed by atoms with Gasteiger partial charge >= 0.3 is 0 Å². The van der Waals surface area contributed by atoms with Crippen molar-refractivity contribution in [3.63, 3.8) is 0 Å². The minimum atomic E-state index is 0.642. The van der Waals surface area contributed by atoms with Gasteiger partial charge in [0.2, 0.25) is 0 Å². The highest BCUT2D eigenvalue weighted by Crippen LogP contribution is 2.32. The molecule has 1 aliphatic rings. The van der Waals surface area contributed by atoms with Gasteiger partial charge in [0, 0.05) is 18.3 Å². The molecule has 0 amide bonds. The highest BCUT2D eigenvalue weighted by Gasteiger charge is 2.11. The van der Waals surface area contributed by atoms with Gasteiger partial charge in [-0.2, -0.15) is 11.8 Å². The Morgan fingerprint density at radius 3 is 2.88 bits per heavy atom. The number of fused-ring (bicyclic) bond motifs is 1. The van der Waals surface area contributed by atoms with Crippen LogP contribution in [0.3, 0.4) is 0 Å². The van der Waals surface area contributed by atoms with Gasteiger partial charge in [0.05, 0.1) is 0 Å². The third-order valence-corrected chi connectivity index (χ3v) is 3.09. The molecule has 0 saturated carbocycles. The van der Waals surface area contributed by atoms with Crippen LogP contribution in [-0.4, -0.2) is 31.8 Å². The molecule has 0 aromatic heterocycles. The Morgan fingerprint density at radius 1 is 1.25 bits per heavy atom. The highest BCUT2D eigenvalue weighted by molar-refractivity contribution is 7.98. The molecule has 0 spiro atoms. The fourth-order valence-electron chi connectivity index (χ4n) is 1.60. The smallest absolute Gasteiger partial charge is 0.163 e. The van der Waals surface area contributed by atoms with Crippen LogP contribution in [0.4, 0.5) is 5.69 Å². The van der Waals surface area contributed by atoms with Crippen molar-refractivity contribution in [2.24, 2.45) is 0 Å². The van der Waals surface area contributed by atoms with Crippen LogP contribution in [0.15, 0.2) is 18.2 Å². The van der Waals surface area contributed by atoms with Gasteiger partial charge in [0.1, 0.15) is 13.2 Å². The summed E-state index contributed by atoms with van der Waals surface area (Å²) in [6.45, 7) is 2.29. The van der Waals surface area contributed by atoms with Crippen LogP contribution < -0.4 is 14.8 Å². The monoisotopic (exact) mass is 239 g/mol. The summed E-state index contributed by atoms with van der Waals surface area (Å²) in [5.74, 6) is 2.89. The molecule has 0 aliphatic carbocycles. The molecule has 3 nitrogen and oxygen atoms in total. The van der Waals surface area contributed by atoms with E-state index in [1.54, 1.807) is 0 Å². The molecule has 2 rings (SSSR count). The van der Waals surface area contributed by atoms with Crippen molar-refractivity contribution in [2.75, 3.05) is 37.1 Å². The number of benzene rings is 1. The van der Waals surface area contributed by atoms with Crippen molar-refractivity contribution in [1.29, 1.82) is 0 Å². The number of anilines is 1. The molecule has 0 atom stereocenters. The molecule has 1 aromatic rings. The van der Waals surface area contributed by atoms with Crippen LogP contribution in [0.2, 0.25) is 0 Å². The summed E-state index contributed by atoms with van der Waals surface area (Å²) in [7, 11) is 0. The Bertz CT molecular complexity index is 344. The average Bonchev–Trinajstić information content (AvgIpc) is 2.34. The normalized spacial score (nSPS) is 13.6. The van der Waals surface area contributed by atoms with E-state index in [2.05, 4.69) is 11.6 Å². The van der Waals surface area contributed by atoms with Gasteiger partial charge in [-0.3, -0.25) is 0 Å². The number of hydrogen-bond acceptors (Lipinski definition) is 4. The molecule has 4 heteroatoms. The van der Waals surface area contributed by atoms with E-state index in [1.807, 2.05) is 30.0 Å². The van der Waals surface area contributed by atoms with E-state index in [0.29, 0.717) is 13.2 Å². The van der Waals surface area contributed by atoms with Crippen molar-refractivity contribution in [2.45, 2.75) is 6.42 Å². The Hall–Kier alpha value is -1.03. The molecule has 88 valence electrons. The average molecular weight is 239 g/mol. The third kappa shape index (κ3) is 2.98. The molecule has 0 bridgehead atoms. The summed E-state index contributed by atoms with van der Waals surface area (Å²) >= 11 is 1.87. The fraction of sp³-hybridized carbons (Fsp3) is 0.500. The Kier molecular flexibility index (Phi) is 4.22. The van der Waals surface area contributed by atoms with Gasteiger partial charge in [-0.05, 0) is 30.6 Å². The quantitative estimate of drug-likeness (QED) is 0.800. The first-order chi connectivity index (χ1) is 7.90. The van der Waals surface area contributed by atoms with Gasteiger partial charge in [-0.25, -0.2) is 0 Å². The van der Waals surface area contributed by atoms with E-state index in [4.69, 9.17) is 9.47 Å². The van der Waals surface area contributed by atoms with Gasteiger partial charge in [0.15, 0.2) is 11.5 Å². The Labute approximate surface area is 101 Å². The summed E-state index contributed by atoms with van der Waals surface area (Å²) in [4.78, 5) is 0. The maximum Gasteiger partial charge on any atom is 0.163 e. The van der Waals surface area contributed by atoms with Gasteiger partial charge in [-0.15, -0.1) is 0 Å². The van der Waals surface area contributed by atoms with Gasteiger partial charge in [-0.1, -0.05) is 0 Å². The van der Waals surface area contributed by atoms with Crippen LogP contribution in [0.1, 0.15) is 6.42 Å². The second kappa shape index (κ2) is 5.89. The maximum atomic E-state index is 5.52. The molecule has 1 aromatic carbocycles. The maximum absolute atomic E-state index is 5.52. The van der Waals surface area contributed by atoms with Crippen molar-refractivity contribution >= 4 is 17.4 Å². The Morgan fingerprint density at radius 2 is 2.06 bits per heavy atom. The summed E-state index contributed by atoms with van der Waals surface area (Å²) in [6.07, 6.45) is 3.31. The number of ether oxygens (including phenoxy) is 2. The van der Waals surface area contributed by atoms with Crippen molar-refractivity contribution < 1.29 is 9.47 Å². The number of rotatable bonds is 5. The molecule has 0 fully saturated rings. The van der Waals surface area contributed by atoms with Crippen LogP contribution in [-0.2, 0) is 0 Å². The van der Waals surface area contributed by atoms with Crippen molar-refractivity contribution in [3.8, 4) is 11.5 Å². The van der Waals surface area contributed by atoms with Crippen LogP contribution >= 0.6 is 11.8 Å². The predicted molar refractivity (Wildman–Crippen MR) is 68.9 cm³/mol. The standard InChI is InChI=1S/C12H17NO2S/c1-16-8-2-5-13-10-3-4-11-12(9-10)15-7-6-14-11/h3-4,9,13H,2,5-8H2,1H3. The number of nitrogens with one attached hydrogen (secondary N) is 1. The first-order valence-electron chi connectivity index (χ1n) is 5.52. The Balaban J connectivity index is 1.90. The van der Waals surface area contributed by atoms with E-state index in [1.165, 1.54) is 12.2 Å². The first kappa shape index (κ1) is 11.5. The summed E-state index contributed by atoms with van der Waals surface area (Å²) in [6, 6.07) is 6.01. The molecule has 0 unspecified atom stereocenters. The summed E-state index contributed by atoms with van der Waals surface area (Å²) in [5.41, 5.74) is 1.10. The van der Waals surface area contributed by atoms with Gasteiger partial charge in [0.25, 0.3) is 0 Å². The number of hydrogen-bond donors (Lipinski definition) is 1. The van der Waals surface area contributed by atoms with E-state index in [-0.39, 0.29) is 0 Å². The van der Waals surface area contributed by atoms with Crippen molar-refractivity contribution in [1.82, 2.24) is 0 Å².